The van der Waals surface area contributed by atoms with Crippen LogP contribution in [-0.2, 0) is 6.61 Å². The van der Waals surface area contributed by atoms with Crippen LogP contribution in [0.1, 0.15) is 5.56 Å². The number of nitrogens with zero attached hydrogens (tertiary/aromatic N) is 1. The number of hydrogen-bond donors (Lipinski definition) is 1. The summed E-state index contributed by atoms with van der Waals surface area (Å²) in [6.07, 6.45) is 1.67. The monoisotopic (exact) mass is 266 g/mol. The molecular formula is C13H12ClFN2O. The number of ether oxygens (including phenoxy) is 1. The smallest absolute Gasteiger partial charge is 0.174 e. The summed E-state index contributed by atoms with van der Waals surface area (Å²) in [5.74, 6) is 0.285. The summed E-state index contributed by atoms with van der Waals surface area (Å²) in [5, 5.41) is 3.20. The highest BCUT2D eigenvalue weighted by atomic mass is 35.5. The molecule has 1 N–H and O–H groups in total. The normalized spacial score (nSPS) is 10.2. The Bertz CT molecular complexity index is 528. The number of para-hydroxylation sites is 1. The van der Waals surface area contributed by atoms with Crippen LogP contribution in [0.5, 0.6) is 5.75 Å². The van der Waals surface area contributed by atoms with Gasteiger partial charge in [0, 0.05) is 18.8 Å². The summed E-state index contributed by atoms with van der Waals surface area (Å²) in [6, 6.07) is 8.08. The average Bonchev–Trinajstić information content (AvgIpc) is 2.38. The maximum absolute atomic E-state index is 13.5. The Balaban J connectivity index is 2.16. The van der Waals surface area contributed by atoms with Crippen LogP contribution in [0, 0.1) is 5.82 Å². The van der Waals surface area contributed by atoms with Crippen molar-refractivity contribution in [1.29, 1.82) is 0 Å². The van der Waals surface area contributed by atoms with E-state index in [4.69, 9.17) is 16.3 Å². The molecule has 0 fully saturated rings. The molecule has 0 aliphatic rings. The molecule has 0 aliphatic carbocycles. The van der Waals surface area contributed by atoms with E-state index in [1.807, 2.05) is 6.07 Å². The van der Waals surface area contributed by atoms with Crippen molar-refractivity contribution in [2.24, 2.45) is 0 Å². The van der Waals surface area contributed by atoms with Crippen LogP contribution in [0.3, 0.4) is 0 Å². The average molecular weight is 267 g/mol. The molecule has 1 aromatic heterocycles. The highest BCUT2D eigenvalue weighted by Crippen LogP contribution is 2.28. The molecule has 0 radical (unpaired) electrons. The first-order valence-corrected chi connectivity index (χ1v) is 5.78. The highest BCUT2D eigenvalue weighted by Gasteiger charge is 2.09. The molecule has 0 saturated heterocycles. The predicted molar refractivity (Wildman–Crippen MR) is 69.5 cm³/mol. The van der Waals surface area contributed by atoms with Crippen molar-refractivity contribution in [3.8, 4) is 5.75 Å². The molecule has 94 valence electrons. The lowest BCUT2D eigenvalue weighted by molar-refractivity contribution is 0.291. The summed E-state index contributed by atoms with van der Waals surface area (Å²) in [4.78, 5) is 4.14. The maximum atomic E-state index is 13.5. The number of rotatable bonds is 4. The van der Waals surface area contributed by atoms with Gasteiger partial charge in [-0.1, -0.05) is 23.7 Å². The van der Waals surface area contributed by atoms with Crippen molar-refractivity contribution in [2.75, 3.05) is 12.4 Å². The number of pyridine rings is 1. The Kier molecular flexibility index (Phi) is 3.99. The van der Waals surface area contributed by atoms with E-state index in [0.29, 0.717) is 5.82 Å². The maximum Gasteiger partial charge on any atom is 0.174 e. The molecule has 0 atom stereocenters. The molecule has 5 heteroatoms. The van der Waals surface area contributed by atoms with Crippen LogP contribution in [0.15, 0.2) is 36.5 Å². The second-order valence-corrected chi connectivity index (χ2v) is 4.01. The molecule has 0 aliphatic heterocycles. The molecule has 1 heterocycles. The number of halogens is 2. The summed E-state index contributed by atoms with van der Waals surface area (Å²) in [7, 11) is 1.77. The standard InChI is InChI=1S/C13H12ClFN2O/c1-16-13-9(4-3-7-17-13)8-18-12-10(14)5-2-6-11(12)15/h2-7H,8H2,1H3,(H,16,17). The van der Waals surface area contributed by atoms with E-state index < -0.39 is 5.82 Å². The molecular weight excluding hydrogens is 255 g/mol. The molecule has 1 aromatic carbocycles. The van der Waals surface area contributed by atoms with E-state index in [0.717, 1.165) is 5.56 Å². The molecule has 0 bridgehead atoms. The van der Waals surface area contributed by atoms with Gasteiger partial charge in [0.15, 0.2) is 11.6 Å². The van der Waals surface area contributed by atoms with Gasteiger partial charge in [-0.2, -0.15) is 0 Å². The van der Waals surface area contributed by atoms with E-state index in [2.05, 4.69) is 10.3 Å². The predicted octanol–water partition coefficient (Wildman–Crippen LogP) is 3.49. The minimum Gasteiger partial charge on any atom is -0.484 e. The summed E-state index contributed by atoms with van der Waals surface area (Å²) in [6.45, 7) is 0.199. The highest BCUT2D eigenvalue weighted by molar-refractivity contribution is 6.32. The van der Waals surface area contributed by atoms with E-state index in [1.54, 1.807) is 25.4 Å². The van der Waals surface area contributed by atoms with Crippen molar-refractivity contribution in [1.82, 2.24) is 4.98 Å². The quantitative estimate of drug-likeness (QED) is 0.920. The molecule has 0 saturated carbocycles. The van der Waals surface area contributed by atoms with Crippen LogP contribution in [0.4, 0.5) is 10.2 Å². The minimum absolute atomic E-state index is 0.0603. The van der Waals surface area contributed by atoms with Crippen LogP contribution in [0.25, 0.3) is 0 Å². The lowest BCUT2D eigenvalue weighted by Crippen LogP contribution is -2.03. The van der Waals surface area contributed by atoms with Gasteiger partial charge in [-0.15, -0.1) is 0 Å². The van der Waals surface area contributed by atoms with Gasteiger partial charge in [0.05, 0.1) is 5.02 Å². The van der Waals surface area contributed by atoms with Gasteiger partial charge in [-0.05, 0) is 18.2 Å². The number of nitrogens with one attached hydrogen (secondary N) is 1. The third kappa shape index (κ3) is 2.71. The van der Waals surface area contributed by atoms with Crippen molar-refractivity contribution in [2.45, 2.75) is 6.61 Å². The topological polar surface area (TPSA) is 34.2 Å². The molecule has 0 spiro atoms. The fourth-order valence-corrected chi connectivity index (χ4v) is 1.77. The molecule has 0 unspecified atom stereocenters. The zero-order valence-electron chi connectivity index (χ0n) is 9.78. The molecule has 2 aromatic rings. The van der Waals surface area contributed by atoms with Gasteiger partial charge < -0.3 is 10.1 Å². The fraction of sp³-hybridized carbons (Fsp3) is 0.154. The largest absolute Gasteiger partial charge is 0.484 e. The van der Waals surface area contributed by atoms with Crippen LogP contribution in [0.2, 0.25) is 5.02 Å². The van der Waals surface area contributed by atoms with Crippen molar-refractivity contribution in [3.05, 3.63) is 52.9 Å². The first-order valence-electron chi connectivity index (χ1n) is 5.41. The zero-order chi connectivity index (χ0) is 13.0. The number of hydrogen-bond acceptors (Lipinski definition) is 3. The van der Waals surface area contributed by atoms with E-state index >= 15 is 0 Å². The third-order valence-corrected chi connectivity index (χ3v) is 2.72. The lowest BCUT2D eigenvalue weighted by atomic mass is 10.2. The lowest BCUT2D eigenvalue weighted by Gasteiger charge is -2.11. The van der Waals surface area contributed by atoms with Gasteiger partial charge in [0.25, 0.3) is 0 Å². The number of anilines is 1. The van der Waals surface area contributed by atoms with E-state index in [1.165, 1.54) is 12.1 Å². The zero-order valence-corrected chi connectivity index (χ0v) is 10.5. The van der Waals surface area contributed by atoms with Gasteiger partial charge in [-0.25, -0.2) is 9.37 Å². The molecule has 3 nitrogen and oxygen atoms in total. The first-order chi connectivity index (χ1) is 8.72. The van der Waals surface area contributed by atoms with Crippen LogP contribution >= 0.6 is 11.6 Å². The Morgan fingerprint density at radius 3 is 2.89 bits per heavy atom. The second kappa shape index (κ2) is 5.69. The Hall–Kier alpha value is -1.81. The van der Waals surface area contributed by atoms with Crippen LogP contribution < -0.4 is 10.1 Å². The van der Waals surface area contributed by atoms with Gasteiger partial charge >= 0.3 is 0 Å². The SMILES string of the molecule is CNc1ncccc1COc1c(F)cccc1Cl. The minimum atomic E-state index is -0.475. The molecule has 2 rings (SSSR count). The number of benzene rings is 1. The second-order valence-electron chi connectivity index (χ2n) is 3.60. The van der Waals surface area contributed by atoms with Crippen molar-refractivity contribution in [3.63, 3.8) is 0 Å². The van der Waals surface area contributed by atoms with Gasteiger partial charge in [0.1, 0.15) is 12.4 Å². The summed E-state index contributed by atoms with van der Waals surface area (Å²) >= 11 is 5.87. The summed E-state index contributed by atoms with van der Waals surface area (Å²) < 4.78 is 18.9. The van der Waals surface area contributed by atoms with Gasteiger partial charge in [0.2, 0.25) is 0 Å². The molecule has 0 amide bonds. The van der Waals surface area contributed by atoms with E-state index in [9.17, 15) is 4.39 Å². The van der Waals surface area contributed by atoms with E-state index in [-0.39, 0.29) is 17.4 Å². The number of aromatic nitrogens is 1. The van der Waals surface area contributed by atoms with Crippen molar-refractivity contribution >= 4 is 17.4 Å². The Labute approximate surface area is 110 Å². The Morgan fingerprint density at radius 1 is 1.33 bits per heavy atom. The molecule has 18 heavy (non-hydrogen) atoms. The van der Waals surface area contributed by atoms with Crippen molar-refractivity contribution < 1.29 is 9.13 Å². The third-order valence-electron chi connectivity index (χ3n) is 2.42. The summed E-state index contributed by atoms with van der Waals surface area (Å²) in [5.41, 5.74) is 0.833. The fourth-order valence-electron chi connectivity index (χ4n) is 1.55. The first kappa shape index (κ1) is 12.6. The Morgan fingerprint density at radius 2 is 2.17 bits per heavy atom. The van der Waals surface area contributed by atoms with Gasteiger partial charge in [-0.3, -0.25) is 0 Å². The van der Waals surface area contributed by atoms with Crippen LogP contribution in [-0.4, -0.2) is 12.0 Å².